The topological polar surface area (TPSA) is 53.7 Å². The van der Waals surface area contributed by atoms with Crippen LogP contribution in [0.25, 0.3) is 0 Å². The summed E-state index contributed by atoms with van der Waals surface area (Å²) in [7, 11) is 1.69. The molecule has 1 aliphatic rings. The van der Waals surface area contributed by atoms with Crippen LogP contribution >= 0.6 is 0 Å². The van der Waals surface area contributed by atoms with Gasteiger partial charge in [-0.05, 0) is 31.0 Å². The molecule has 0 saturated heterocycles. The zero-order valence-electron chi connectivity index (χ0n) is 10.4. The van der Waals surface area contributed by atoms with E-state index in [9.17, 15) is 0 Å². The first-order valence-electron chi connectivity index (χ1n) is 5.87. The highest BCUT2D eigenvalue weighted by molar-refractivity contribution is 5.48. The second-order valence-electron chi connectivity index (χ2n) is 4.29. The largest absolute Gasteiger partial charge is 0.496 e. The molecule has 94 valence electrons. The van der Waals surface area contributed by atoms with Gasteiger partial charge in [0.2, 0.25) is 0 Å². The summed E-state index contributed by atoms with van der Waals surface area (Å²) in [6.45, 7) is 3.73. The van der Waals surface area contributed by atoms with Gasteiger partial charge in [0.15, 0.2) is 6.79 Å². The van der Waals surface area contributed by atoms with Crippen molar-refractivity contribution in [2.45, 2.75) is 25.9 Å². The number of benzene rings is 1. The normalized spacial score (nSPS) is 15.9. The molecule has 4 heteroatoms. The molecule has 1 aromatic carbocycles. The number of fused-ring (bicyclic) bond motifs is 1. The van der Waals surface area contributed by atoms with E-state index < -0.39 is 0 Å². The molecule has 0 spiro atoms. The van der Waals surface area contributed by atoms with Crippen LogP contribution in [-0.2, 0) is 11.3 Å². The van der Waals surface area contributed by atoms with Crippen molar-refractivity contribution in [3.63, 3.8) is 0 Å². The molecular formula is C13H19NO3. The molecule has 0 aliphatic carbocycles. The highest BCUT2D eigenvalue weighted by Gasteiger charge is 2.18. The summed E-state index contributed by atoms with van der Waals surface area (Å²) in [5.74, 6) is 2.15. The van der Waals surface area contributed by atoms with E-state index in [1.807, 2.05) is 6.07 Å². The third-order valence-corrected chi connectivity index (χ3v) is 3.10. The van der Waals surface area contributed by atoms with Crippen LogP contribution in [0, 0.1) is 0 Å². The van der Waals surface area contributed by atoms with Gasteiger partial charge < -0.3 is 19.9 Å². The minimum atomic E-state index is 0.323. The van der Waals surface area contributed by atoms with Gasteiger partial charge in [0, 0.05) is 11.1 Å². The molecule has 1 unspecified atom stereocenters. The average molecular weight is 237 g/mol. The Balaban J connectivity index is 2.36. The number of hydrogen-bond donors (Lipinski definition) is 1. The lowest BCUT2D eigenvalue weighted by Gasteiger charge is -2.22. The first kappa shape index (κ1) is 12.2. The molecule has 17 heavy (non-hydrogen) atoms. The predicted octanol–water partition coefficient (Wildman–Crippen LogP) is 2.01. The summed E-state index contributed by atoms with van der Waals surface area (Å²) in [4.78, 5) is 0. The fourth-order valence-corrected chi connectivity index (χ4v) is 2.09. The molecule has 0 bridgehead atoms. The summed E-state index contributed by atoms with van der Waals surface area (Å²) in [6, 6.07) is 4.05. The van der Waals surface area contributed by atoms with Crippen LogP contribution in [-0.4, -0.2) is 20.4 Å². The second kappa shape index (κ2) is 5.38. The number of hydrogen-bond acceptors (Lipinski definition) is 4. The Kier molecular flexibility index (Phi) is 3.86. The van der Waals surface area contributed by atoms with Crippen LogP contribution < -0.4 is 15.2 Å². The van der Waals surface area contributed by atoms with Crippen LogP contribution in [0.2, 0.25) is 0 Å². The van der Waals surface area contributed by atoms with Gasteiger partial charge in [-0.15, -0.1) is 0 Å². The first-order valence-corrected chi connectivity index (χ1v) is 5.87. The van der Waals surface area contributed by atoms with Crippen molar-refractivity contribution in [1.82, 2.24) is 0 Å². The molecule has 1 aliphatic heterocycles. The molecule has 0 fully saturated rings. The quantitative estimate of drug-likeness (QED) is 0.870. The smallest absolute Gasteiger partial charge is 0.189 e. The third-order valence-electron chi connectivity index (χ3n) is 3.10. The van der Waals surface area contributed by atoms with Crippen molar-refractivity contribution >= 4 is 0 Å². The molecule has 4 nitrogen and oxygen atoms in total. The average Bonchev–Trinajstić information content (AvgIpc) is 2.37. The molecule has 1 aromatic rings. The van der Waals surface area contributed by atoms with Crippen LogP contribution in [0.5, 0.6) is 11.5 Å². The van der Waals surface area contributed by atoms with E-state index in [2.05, 4.69) is 13.0 Å². The maximum Gasteiger partial charge on any atom is 0.189 e. The van der Waals surface area contributed by atoms with E-state index in [0.717, 1.165) is 29.0 Å². The second-order valence-corrected chi connectivity index (χ2v) is 4.29. The third kappa shape index (κ3) is 2.53. The van der Waals surface area contributed by atoms with Gasteiger partial charge in [0.05, 0.1) is 13.7 Å². The highest BCUT2D eigenvalue weighted by Crippen LogP contribution is 2.36. The Bertz CT molecular complexity index is 392. The minimum absolute atomic E-state index is 0.323. The monoisotopic (exact) mass is 237 g/mol. The number of nitrogens with two attached hydrogens (primary N) is 1. The van der Waals surface area contributed by atoms with E-state index in [4.69, 9.17) is 19.9 Å². The Labute approximate surface area is 102 Å². The molecule has 0 radical (unpaired) electrons. The summed E-state index contributed by atoms with van der Waals surface area (Å²) < 4.78 is 16.2. The number of ether oxygens (including phenoxy) is 3. The molecule has 0 amide bonds. The molecule has 0 aromatic heterocycles. The lowest BCUT2D eigenvalue weighted by atomic mass is 9.95. The van der Waals surface area contributed by atoms with Gasteiger partial charge in [-0.1, -0.05) is 6.92 Å². The lowest BCUT2D eigenvalue weighted by molar-refractivity contribution is -0.0165. The molecule has 2 rings (SSSR count). The summed E-state index contributed by atoms with van der Waals surface area (Å²) >= 11 is 0. The first-order chi connectivity index (χ1) is 8.26. The van der Waals surface area contributed by atoms with Gasteiger partial charge in [0.25, 0.3) is 0 Å². The molecule has 1 heterocycles. The SMILES string of the molecule is COc1cc2c(cc1C(C)CCN)OCOC2. The van der Waals surface area contributed by atoms with Crippen molar-refractivity contribution in [2.24, 2.45) is 5.73 Å². The minimum Gasteiger partial charge on any atom is -0.496 e. The van der Waals surface area contributed by atoms with Gasteiger partial charge in [0.1, 0.15) is 11.5 Å². The number of rotatable bonds is 4. The summed E-state index contributed by atoms with van der Waals surface area (Å²) in [6.07, 6.45) is 0.936. The molecule has 0 saturated carbocycles. The van der Waals surface area contributed by atoms with E-state index >= 15 is 0 Å². The molecular weight excluding hydrogens is 218 g/mol. The van der Waals surface area contributed by atoms with Gasteiger partial charge >= 0.3 is 0 Å². The summed E-state index contributed by atoms with van der Waals surface area (Å²) in [5, 5.41) is 0. The zero-order valence-corrected chi connectivity index (χ0v) is 10.4. The van der Waals surface area contributed by atoms with Crippen molar-refractivity contribution in [3.8, 4) is 11.5 Å². The molecule has 1 atom stereocenters. The summed E-state index contributed by atoms with van der Waals surface area (Å²) in [5.41, 5.74) is 7.79. The van der Waals surface area contributed by atoms with E-state index in [1.54, 1.807) is 7.11 Å². The Morgan fingerprint density at radius 3 is 3.00 bits per heavy atom. The fourth-order valence-electron chi connectivity index (χ4n) is 2.09. The van der Waals surface area contributed by atoms with E-state index in [1.165, 1.54) is 0 Å². The molecule has 2 N–H and O–H groups in total. The van der Waals surface area contributed by atoms with Crippen molar-refractivity contribution in [2.75, 3.05) is 20.4 Å². The van der Waals surface area contributed by atoms with Crippen LogP contribution in [0.4, 0.5) is 0 Å². The zero-order chi connectivity index (χ0) is 12.3. The van der Waals surface area contributed by atoms with Gasteiger partial charge in [-0.2, -0.15) is 0 Å². The Morgan fingerprint density at radius 1 is 1.47 bits per heavy atom. The van der Waals surface area contributed by atoms with E-state index in [-0.39, 0.29) is 0 Å². The standard InChI is InChI=1S/C13H19NO3/c1-9(3-4-14)11-6-12-10(5-13(11)15-2)7-16-8-17-12/h5-6,9H,3-4,7-8,14H2,1-2H3. The van der Waals surface area contributed by atoms with Crippen molar-refractivity contribution in [3.05, 3.63) is 23.3 Å². The van der Waals surface area contributed by atoms with Gasteiger partial charge in [-0.25, -0.2) is 0 Å². The Morgan fingerprint density at radius 2 is 2.29 bits per heavy atom. The highest BCUT2D eigenvalue weighted by atomic mass is 16.7. The van der Waals surface area contributed by atoms with Crippen molar-refractivity contribution < 1.29 is 14.2 Å². The van der Waals surface area contributed by atoms with Crippen LogP contribution in [0.3, 0.4) is 0 Å². The van der Waals surface area contributed by atoms with Crippen LogP contribution in [0.1, 0.15) is 30.4 Å². The van der Waals surface area contributed by atoms with E-state index in [0.29, 0.717) is 25.9 Å². The lowest BCUT2D eigenvalue weighted by Crippen LogP contribution is -2.13. The fraction of sp³-hybridized carbons (Fsp3) is 0.538. The number of methoxy groups -OCH3 is 1. The van der Waals surface area contributed by atoms with Crippen molar-refractivity contribution in [1.29, 1.82) is 0 Å². The maximum absolute atomic E-state index is 5.60. The predicted molar refractivity (Wildman–Crippen MR) is 65.4 cm³/mol. The Hall–Kier alpha value is -1.26. The maximum atomic E-state index is 5.60. The van der Waals surface area contributed by atoms with Crippen LogP contribution in [0.15, 0.2) is 12.1 Å². The van der Waals surface area contributed by atoms with Gasteiger partial charge in [-0.3, -0.25) is 0 Å².